The van der Waals surface area contributed by atoms with Crippen molar-refractivity contribution in [2.75, 3.05) is 17.7 Å². The molecule has 0 aliphatic heterocycles. The third-order valence-corrected chi connectivity index (χ3v) is 3.03. The Morgan fingerprint density at radius 1 is 1.24 bits per heavy atom. The molecule has 2 aromatic rings. The van der Waals surface area contributed by atoms with Gasteiger partial charge in [-0.1, -0.05) is 11.6 Å². The van der Waals surface area contributed by atoms with E-state index in [2.05, 4.69) is 10.6 Å². The Balaban J connectivity index is 2.44. The van der Waals surface area contributed by atoms with Crippen molar-refractivity contribution in [3.05, 3.63) is 57.1 Å². The molecular weight excluding hydrogens is 292 g/mol. The van der Waals surface area contributed by atoms with Crippen LogP contribution < -0.4 is 10.6 Å². The van der Waals surface area contributed by atoms with Gasteiger partial charge >= 0.3 is 0 Å². The predicted octanol–water partition coefficient (Wildman–Crippen LogP) is 3.91. The summed E-state index contributed by atoms with van der Waals surface area (Å²) in [5.74, 6) is 0. The van der Waals surface area contributed by atoms with Crippen LogP contribution in [0, 0.1) is 21.4 Å². The lowest BCUT2D eigenvalue weighted by Gasteiger charge is -2.10. The number of rotatable bonds is 4. The number of non-ortho nitro benzene ring substituents is 1. The summed E-state index contributed by atoms with van der Waals surface area (Å²) in [6.07, 6.45) is 0. The molecule has 0 atom stereocenters. The van der Waals surface area contributed by atoms with Gasteiger partial charge < -0.3 is 10.6 Å². The monoisotopic (exact) mass is 302 g/mol. The summed E-state index contributed by atoms with van der Waals surface area (Å²) >= 11 is 5.91. The lowest BCUT2D eigenvalue weighted by molar-refractivity contribution is -0.384. The molecule has 2 N–H and O–H groups in total. The average Bonchev–Trinajstić information content (AvgIpc) is 2.47. The van der Waals surface area contributed by atoms with Gasteiger partial charge in [-0.3, -0.25) is 10.1 Å². The summed E-state index contributed by atoms with van der Waals surface area (Å²) < 4.78 is 0. The number of nitriles is 1. The highest BCUT2D eigenvalue weighted by atomic mass is 35.5. The first kappa shape index (κ1) is 14.6. The highest BCUT2D eigenvalue weighted by Crippen LogP contribution is 2.29. The second-order valence-corrected chi connectivity index (χ2v) is 4.64. The van der Waals surface area contributed by atoms with E-state index in [1.165, 1.54) is 12.1 Å². The number of nitrogens with one attached hydrogen (secondary N) is 2. The maximum Gasteiger partial charge on any atom is 0.273 e. The fourth-order valence-corrected chi connectivity index (χ4v) is 1.98. The highest BCUT2D eigenvalue weighted by molar-refractivity contribution is 6.30. The van der Waals surface area contributed by atoms with E-state index in [-0.39, 0.29) is 5.69 Å². The van der Waals surface area contributed by atoms with Gasteiger partial charge in [-0.05, 0) is 24.3 Å². The maximum absolute atomic E-state index is 10.9. The van der Waals surface area contributed by atoms with Crippen molar-refractivity contribution in [1.29, 1.82) is 5.26 Å². The van der Waals surface area contributed by atoms with Gasteiger partial charge in [0.1, 0.15) is 6.07 Å². The van der Waals surface area contributed by atoms with Gasteiger partial charge in [0.2, 0.25) is 0 Å². The van der Waals surface area contributed by atoms with Crippen LogP contribution in [0.3, 0.4) is 0 Å². The third kappa shape index (κ3) is 3.41. The minimum absolute atomic E-state index is 0.0510. The first-order valence-corrected chi connectivity index (χ1v) is 6.35. The van der Waals surface area contributed by atoms with Crippen molar-refractivity contribution in [2.45, 2.75) is 0 Å². The van der Waals surface area contributed by atoms with E-state index in [0.717, 1.165) is 0 Å². The Hall–Kier alpha value is -2.78. The molecule has 0 amide bonds. The summed E-state index contributed by atoms with van der Waals surface area (Å²) in [4.78, 5) is 10.5. The van der Waals surface area contributed by atoms with Crippen LogP contribution in [-0.4, -0.2) is 12.0 Å². The number of nitrogens with zero attached hydrogens (tertiary/aromatic N) is 2. The second kappa shape index (κ2) is 6.11. The highest BCUT2D eigenvalue weighted by Gasteiger charge is 2.11. The van der Waals surface area contributed by atoms with Gasteiger partial charge in [0.15, 0.2) is 0 Å². The number of halogens is 1. The van der Waals surface area contributed by atoms with Crippen LogP contribution in [0.4, 0.5) is 22.7 Å². The van der Waals surface area contributed by atoms with E-state index in [4.69, 9.17) is 16.9 Å². The number of nitro benzene ring substituents is 1. The minimum atomic E-state index is -0.477. The Bertz CT molecular complexity index is 740. The van der Waals surface area contributed by atoms with Crippen molar-refractivity contribution in [3.8, 4) is 6.07 Å². The molecule has 0 heterocycles. The summed E-state index contributed by atoms with van der Waals surface area (Å²) in [5.41, 5.74) is 1.92. The molecule has 21 heavy (non-hydrogen) atoms. The average molecular weight is 303 g/mol. The Morgan fingerprint density at radius 3 is 2.57 bits per heavy atom. The van der Waals surface area contributed by atoms with E-state index < -0.39 is 4.92 Å². The molecule has 0 fully saturated rings. The topological polar surface area (TPSA) is 91.0 Å². The quantitative estimate of drug-likeness (QED) is 0.660. The standard InChI is InChI=1S/C14H11ClN4O2/c1-17-11-5-12(7-13(6-11)19(20)21)18-14-4-10(15)3-2-9(14)8-16/h2-7,17-18H,1H3. The van der Waals surface area contributed by atoms with Crippen molar-refractivity contribution in [2.24, 2.45) is 0 Å². The van der Waals surface area contributed by atoms with Gasteiger partial charge in [-0.15, -0.1) is 0 Å². The van der Waals surface area contributed by atoms with Gasteiger partial charge in [-0.25, -0.2) is 0 Å². The van der Waals surface area contributed by atoms with Gasteiger partial charge in [-0.2, -0.15) is 5.26 Å². The fourth-order valence-electron chi connectivity index (χ4n) is 1.81. The van der Waals surface area contributed by atoms with Gasteiger partial charge in [0.05, 0.1) is 16.2 Å². The molecule has 0 bridgehead atoms. The van der Waals surface area contributed by atoms with E-state index in [0.29, 0.717) is 27.6 Å². The normalized spacial score (nSPS) is 9.76. The first-order chi connectivity index (χ1) is 10.0. The molecule has 0 aliphatic carbocycles. The molecule has 0 aliphatic rings. The number of hydrogen-bond acceptors (Lipinski definition) is 5. The zero-order valence-electron chi connectivity index (χ0n) is 11.1. The van der Waals surface area contributed by atoms with Crippen molar-refractivity contribution in [1.82, 2.24) is 0 Å². The Morgan fingerprint density at radius 2 is 1.95 bits per heavy atom. The summed E-state index contributed by atoms with van der Waals surface area (Å²) in [6.45, 7) is 0. The molecule has 0 aromatic heterocycles. The summed E-state index contributed by atoms with van der Waals surface area (Å²) in [5, 5.41) is 26.3. The molecule has 2 rings (SSSR count). The van der Waals surface area contributed by atoms with Crippen LogP contribution in [0.5, 0.6) is 0 Å². The number of benzene rings is 2. The number of hydrogen-bond donors (Lipinski definition) is 2. The molecular formula is C14H11ClN4O2. The number of anilines is 3. The molecule has 0 saturated carbocycles. The molecule has 0 saturated heterocycles. The second-order valence-electron chi connectivity index (χ2n) is 4.20. The van der Waals surface area contributed by atoms with Crippen molar-refractivity contribution in [3.63, 3.8) is 0 Å². The van der Waals surface area contributed by atoms with Crippen LogP contribution in [-0.2, 0) is 0 Å². The van der Waals surface area contributed by atoms with E-state index in [9.17, 15) is 10.1 Å². The summed E-state index contributed by atoms with van der Waals surface area (Å²) in [7, 11) is 1.67. The fraction of sp³-hybridized carbons (Fsp3) is 0.0714. The molecule has 7 heteroatoms. The van der Waals surface area contributed by atoms with Crippen molar-refractivity contribution >= 4 is 34.4 Å². The third-order valence-electron chi connectivity index (χ3n) is 2.80. The Labute approximate surface area is 126 Å². The van der Waals surface area contributed by atoms with E-state index >= 15 is 0 Å². The molecule has 0 radical (unpaired) electrons. The lowest BCUT2D eigenvalue weighted by Crippen LogP contribution is -1.98. The van der Waals surface area contributed by atoms with E-state index in [1.807, 2.05) is 6.07 Å². The van der Waals surface area contributed by atoms with Gasteiger partial charge in [0, 0.05) is 35.6 Å². The zero-order valence-corrected chi connectivity index (χ0v) is 11.8. The molecule has 6 nitrogen and oxygen atoms in total. The van der Waals surface area contributed by atoms with Crippen LogP contribution in [0.25, 0.3) is 0 Å². The Kier molecular flexibility index (Phi) is 4.26. The van der Waals surface area contributed by atoms with Crippen LogP contribution in [0.15, 0.2) is 36.4 Å². The van der Waals surface area contributed by atoms with Crippen molar-refractivity contribution < 1.29 is 4.92 Å². The number of nitro groups is 1. The minimum Gasteiger partial charge on any atom is -0.388 e. The van der Waals surface area contributed by atoms with Crippen LogP contribution in [0.1, 0.15) is 5.56 Å². The largest absolute Gasteiger partial charge is 0.388 e. The predicted molar refractivity (Wildman–Crippen MR) is 82.1 cm³/mol. The van der Waals surface area contributed by atoms with Gasteiger partial charge in [0.25, 0.3) is 5.69 Å². The SMILES string of the molecule is CNc1cc(Nc2cc(Cl)ccc2C#N)cc([N+](=O)[O-])c1. The maximum atomic E-state index is 10.9. The molecule has 2 aromatic carbocycles. The summed E-state index contributed by atoms with van der Waals surface area (Å²) in [6, 6.07) is 11.3. The van der Waals surface area contributed by atoms with E-state index in [1.54, 1.807) is 31.3 Å². The smallest absolute Gasteiger partial charge is 0.273 e. The molecule has 0 spiro atoms. The molecule has 106 valence electrons. The van der Waals surface area contributed by atoms with Crippen LogP contribution >= 0.6 is 11.6 Å². The lowest BCUT2D eigenvalue weighted by atomic mass is 10.1. The first-order valence-electron chi connectivity index (χ1n) is 5.97. The molecule has 0 unspecified atom stereocenters. The zero-order chi connectivity index (χ0) is 15.4. The van der Waals surface area contributed by atoms with Crippen LogP contribution in [0.2, 0.25) is 5.02 Å².